The molecule has 0 spiro atoms. The molecule has 0 saturated heterocycles. The molecule has 1 amide bonds. The van der Waals surface area contributed by atoms with Crippen LogP contribution in [-0.4, -0.2) is 36.7 Å². The van der Waals surface area contributed by atoms with E-state index in [1.165, 1.54) is 0 Å². The number of esters is 2. The van der Waals surface area contributed by atoms with Gasteiger partial charge >= 0.3 is 17.8 Å². The van der Waals surface area contributed by atoms with Gasteiger partial charge in [-0.1, -0.05) is 0 Å². The lowest BCUT2D eigenvalue weighted by atomic mass is 10.1. The number of aliphatic hydroxyl groups is 1. The van der Waals surface area contributed by atoms with Gasteiger partial charge in [-0.3, -0.25) is 4.79 Å². The Balaban J connectivity index is 3.38. The first-order chi connectivity index (χ1) is 11.3. The maximum atomic E-state index is 11.8. The van der Waals surface area contributed by atoms with Crippen molar-refractivity contribution >= 4 is 39.9 Å². The van der Waals surface area contributed by atoms with Gasteiger partial charge in [0.2, 0.25) is 0 Å². The molecule has 128 valence electrons. The third-order valence-electron chi connectivity index (χ3n) is 3.05. The predicted octanol–water partition coefficient (Wildman–Crippen LogP) is 1.83. The normalized spacial score (nSPS) is 11.1. The van der Waals surface area contributed by atoms with E-state index in [9.17, 15) is 19.5 Å². The lowest BCUT2D eigenvalue weighted by Gasteiger charge is -2.08. The molecule has 0 unspecified atom stereocenters. The highest BCUT2D eigenvalue weighted by Gasteiger charge is 2.26. The van der Waals surface area contributed by atoms with E-state index in [0.717, 1.165) is 23.3 Å². The summed E-state index contributed by atoms with van der Waals surface area (Å²) in [6, 6.07) is 1.57. The summed E-state index contributed by atoms with van der Waals surface area (Å²) in [5.41, 5.74) is 0.0236. The number of methoxy groups -OCH3 is 1. The van der Waals surface area contributed by atoms with Crippen LogP contribution in [0.5, 0.6) is 0 Å². The van der Waals surface area contributed by atoms with E-state index in [-0.39, 0.29) is 17.2 Å². The van der Waals surface area contributed by atoms with Crippen molar-refractivity contribution in [3.8, 4) is 6.07 Å². The molecule has 0 fully saturated rings. The van der Waals surface area contributed by atoms with Gasteiger partial charge < -0.3 is 19.9 Å². The second-order valence-electron chi connectivity index (χ2n) is 4.49. The standard InChI is InChI=1S/C15H16N2O6S/c1-5-23-15(21)12(19)17-13-10(7(2)8(3)24-13)11(18)9(6-16)14(20)22-4/h18H,5H2,1-4H3,(H,17,19). The molecule has 0 radical (unpaired) electrons. The van der Waals surface area contributed by atoms with Crippen molar-refractivity contribution in [2.24, 2.45) is 0 Å². The fourth-order valence-electron chi connectivity index (χ4n) is 1.77. The van der Waals surface area contributed by atoms with Crippen molar-refractivity contribution in [1.29, 1.82) is 5.26 Å². The number of anilines is 1. The van der Waals surface area contributed by atoms with Crippen LogP contribution in [0.3, 0.4) is 0 Å². The second-order valence-corrected chi connectivity index (χ2v) is 5.71. The maximum absolute atomic E-state index is 11.8. The van der Waals surface area contributed by atoms with Gasteiger partial charge in [-0.15, -0.1) is 11.3 Å². The number of aryl methyl sites for hydroxylation is 1. The van der Waals surface area contributed by atoms with Gasteiger partial charge in [0.15, 0.2) is 11.3 Å². The van der Waals surface area contributed by atoms with Crippen molar-refractivity contribution in [3.63, 3.8) is 0 Å². The number of rotatable bonds is 4. The summed E-state index contributed by atoms with van der Waals surface area (Å²) in [5, 5.41) is 21.8. The van der Waals surface area contributed by atoms with Crippen LogP contribution in [0.25, 0.3) is 5.76 Å². The molecule has 0 aliphatic carbocycles. The maximum Gasteiger partial charge on any atom is 0.397 e. The van der Waals surface area contributed by atoms with Crippen LogP contribution in [0.4, 0.5) is 5.00 Å². The number of carbonyl (C=O) groups is 3. The van der Waals surface area contributed by atoms with Crippen molar-refractivity contribution in [2.45, 2.75) is 20.8 Å². The van der Waals surface area contributed by atoms with Crippen LogP contribution < -0.4 is 5.32 Å². The number of amides is 1. The zero-order valence-electron chi connectivity index (χ0n) is 13.6. The summed E-state index contributed by atoms with van der Waals surface area (Å²) in [6.45, 7) is 4.96. The Morgan fingerprint density at radius 2 is 1.92 bits per heavy atom. The van der Waals surface area contributed by atoms with Gasteiger partial charge in [0, 0.05) is 4.88 Å². The zero-order valence-corrected chi connectivity index (χ0v) is 14.4. The largest absolute Gasteiger partial charge is 0.506 e. The van der Waals surface area contributed by atoms with E-state index in [0.29, 0.717) is 5.56 Å². The number of nitriles is 1. The van der Waals surface area contributed by atoms with Crippen LogP contribution in [0.2, 0.25) is 0 Å². The summed E-state index contributed by atoms with van der Waals surface area (Å²) < 4.78 is 9.04. The molecular weight excluding hydrogens is 336 g/mol. The highest BCUT2D eigenvalue weighted by Crippen LogP contribution is 2.37. The molecule has 1 aromatic heterocycles. The number of hydrogen-bond acceptors (Lipinski definition) is 8. The van der Waals surface area contributed by atoms with Crippen molar-refractivity contribution in [2.75, 3.05) is 19.0 Å². The first kappa shape index (κ1) is 19.2. The summed E-state index contributed by atoms with van der Waals surface area (Å²) >= 11 is 1.08. The van der Waals surface area contributed by atoms with Crippen LogP contribution >= 0.6 is 11.3 Å². The number of aliphatic hydroxyl groups excluding tert-OH is 1. The minimum absolute atomic E-state index is 0.0354. The Labute approximate surface area is 142 Å². The highest BCUT2D eigenvalue weighted by molar-refractivity contribution is 7.16. The number of hydrogen-bond donors (Lipinski definition) is 2. The molecule has 0 bridgehead atoms. The minimum atomic E-state index is -1.08. The Kier molecular flexibility index (Phi) is 6.49. The number of thiophene rings is 1. The highest BCUT2D eigenvalue weighted by atomic mass is 32.1. The van der Waals surface area contributed by atoms with Gasteiger partial charge in [-0.25, -0.2) is 9.59 Å². The van der Waals surface area contributed by atoms with E-state index < -0.39 is 29.2 Å². The Morgan fingerprint density at radius 1 is 1.29 bits per heavy atom. The molecule has 0 aliphatic heterocycles. The Bertz CT molecular complexity index is 757. The summed E-state index contributed by atoms with van der Waals surface area (Å²) in [6.07, 6.45) is 0. The molecule has 8 nitrogen and oxygen atoms in total. The lowest BCUT2D eigenvalue weighted by molar-refractivity contribution is -0.152. The fourth-order valence-corrected chi connectivity index (χ4v) is 2.83. The van der Waals surface area contributed by atoms with Gasteiger partial charge in [0.25, 0.3) is 0 Å². The topological polar surface area (TPSA) is 126 Å². The molecule has 2 N–H and O–H groups in total. The third-order valence-corrected chi connectivity index (χ3v) is 4.17. The first-order valence-corrected chi connectivity index (χ1v) is 7.60. The van der Waals surface area contributed by atoms with E-state index in [1.54, 1.807) is 26.8 Å². The molecule has 0 aliphatic rings. The summed E-state index contributed by atoms with van der Waals surface area (Å²) in [5.74, 6) is -3.75. The SMILES string of the molecule is CCOC(=O)C(=O)Nc1sc(C)c(C)c1C(O)=C(C#N)C(=O)OC. The molecule has 1 heterocycles. The third kappa shape index (κ3) is 3.91. The molecule has 0 atom stereocenters. The van der Waals surface area contributed by atoms with Crippen LogP contribution in [0, 0.1) is 25.2 Å². The van der Waals surface area contributed by atoms with Gasteiger partial charge in [-0.05, 0) is 26.3 Å². The van der Waals surface area contributed by atoms with Crippen LogP contribution in [-0.2, 0) is 23.9 Å². The van der Waals surface area contributed by atoms with Crippen LogP contribution in [0.1, 0.15) is 22.9 Å². The summed E-state index contributed by atoms with van der Waals surface area (Å²) in [4.78, 5) is 35.5. The van der Waals surface area contributed by atoms with E-state index in [1.807, 2.05) is 0 Å². The molecule has 1 aromatic rings. The van der Waals surface area contributed by atoms with Gasteiger partial charge in [0.1, 0.15) is 11.1 Å². The van der Waals surface area contributed by atoms with E-state index in [4.69, 9.17) is 5.26 Å². The second kappa shape index (κ2) is 8.12. The number of ether oxygens (including phenoxy) is 2. The fraction of sp³-hybridized carbons (Fsp3) is 0.333. The molecule has 9 heteroatoms. The average Bonchev–Trinajstić information content (AvgIpc) is 2.82. The molecule has 0 saturated carbocycles. The summed E-state index contributed by atoms with van der Waals surface area (Å²) in [7, 11) is 1.07. The van der Waals surface area contributed by atoms with Crippen molar-refractivity contribution < 1.29 is 29.0 Å². The quantitative estimate of drug-likeness (QED) is 0.278. The average molecular weight is 352 g/mol. The molecule has 1 rings (SSSR count). The molecule has 24 heavy (non-hydrogen) atoms. The van der Waals surface area contributed by atoms with Crippen molar-refractivity contribution in [1.82, 2.24) is 0 Å². The molecular formula is C15H16N2O6S. The Hall–Kier alpha value is -2.86. The van der Waals surface area contributed by atoms with Gasteiger partial charge in [0.05, 0.1) is 19.3 Å². The molecule has 0 aromatic carbocycles. The lowest BCUT2D eigenvalue weighted by Crippen LogP contribution is -2.25. The first-order valence-electron chi connectivity index (χ1n) is 6.78. The number of nitrogens with zero attached hydrogens (tertiary/aromatic N) is 1. The zero-order chi connectivity index (χ0) is 18.4. The Morgan fingerprint density at radius 3 is 2.42 bits per heavy atom. The van der Waals surface area contributed by atoms with Crippen molar-refractivity contribution in [3.05, 3.63) is 21.6 Å². The number of carbonyl (C=O) groups excluding carboxylic acids is 3. The van der Waals surface area contributed by atoms with E-state index in [2.05, 4.69) is 14.8 Å². The number of nitrogens with one attached hydrogen (secondary N) is 1. The predicted molar refractivity (Wildman–Crippen MR) is 86.2 cm³/mol. The smallest absolute Gasteiger partial charge is 0.397 e. The van der Waals surface area contributed by atoms with Gasteiger partial charge in [-0.2, -0.15) is 5.26 Å². The monoisotopic (exact) mass is 352 g/mol. The van der Waals surface area contributed by atoms with E-state index >= 15 is 0 Å². The van der Waals surface area contributed by atoms with Crippen LogP contribution in [0.15, 0.2) is 5.57 Å². The minimum Gasteiger partial charge on any atom is -0.506 e.